The van der Waals surface area contributed by atoms with E-state index in [1.54, 1.807) is 0 Å². The minimum atomic E-state index is -5.53. The van der Waals surface area contributed by atoms with Crippen LogP contribution in [0.5, 0.6) is 5.75 Å². The van der Waals surface area contributed by atoms with Gasteiger partial charge in [-0.2, -0.15) is 13.2 Å². The molecule has 0 N–H and O–H groups in total. The maximum absolute atomic E-state index is 12.9. The lowest BCUT2D eigenvalue weighted by Crippen LogP contribution is -2.22. The van der Waals surface area contributed by atoms with Gasteiger partial charge in [0.05, 0.1) is 11.8 Å². The largest absolute Gasteiger partial charge is 0.573 e. The van der Waals surface area contributed by atoms with Gasteiger partial charge in [0, 0.05) is 0 Å². The van der Waals surface area contributed by atoms with E-state index in [9.17, 15) is 35.1 Å². The summed E-state index contributed by atoms with van der Waals surface area (Å²) < 4.78 is 101. The number of alkyl halides is 7. The maximum atomic E-state index is 12.9. The summed E-state index contributed by atoms with van der Waals surface area (Å²) in [6.45, 7) is -1.90. The van der Waals surface area contributed by atoms with Crippen LogP contribution in [0.1, 0.15) is 11.3 Å². The summed E-state index contributed by atoms with van der Waals surface area (Å²) in [6.07, 6.45) is -10.9. The summed E-state index contributed by atoms with van der Waals surface area (Å²) in [4.78, 5) is 2.45. The van der Waals surface area contributed by atoms with Crippen molar-refractivity contribution in [1.29, 1.82) is 0 Å². The average molecular weight is 281 g/mol. The minimum absolute atomic E-state index is 0.0268. The molecule has 0 aliphatic heterocycles. The van der Waals surface area contributed by atoms with Crippen molar-refractivity contribution < 1.29 is 39.9 Å². The Kier molecular flexibility index (Phi) is 3.67. The van der Waals surface area contributed by atoms with Crippen LogP contribution in [0.3, 0.4) is 0 Å². The van der Waals surface area contributed by atoms with Crippen LogP contribution in [0, 0.1) is 5.82 Å². The molecule has 0 bridgehead atoms. The number of hydrogen-bond donors (Lipinski definition) is 0. The number of ether oxygens (including phenoxy) is 1. The van der Waals surface area contributed by atoms with Crippen LogP contribution >= 0.6 is 0 Å². The van der Waals surface area contributed by atoms with Crippen molar-refractivity contribution in [3.63, 3.8) is 0 Å². The minimum Gasteiger partial charge on any atom is -0.403 e. The van der Waals surface area contributed by atoms with Gasteiger partial charge in [-0.25, -0.2) is 13.8 Å². The Balaban J connectivity index is 3.45. The number of rotatable bonds is 2. The van der Waals surface area contributed by atoms with Gasteiger partial charge in [0.2, 0.25) is 0 Å². The van der Waals surface area contributed by atoms with Crippen LogP contribution in [-0.4, -0.2) is 11.3 Å². The topological polar surface area (TPSA) is 22.1 Å². The molecule has 0 aromatic carbocycles. The maximum Gasteiger partial charge on any atom is 0.573 e. The molecule has 102 valence electrons. The van der Waals surface area contributed by atoms with E-state index in [1.807, 2.05) is 0 Å². The number of hydrogen-bond acceptors (Lipinski definition) is 2. The summed E-state index contributed by atoms with van der Waals surface area (Å²) >= 11 is 0. The highest BCUT2D eigenvalue weighted by atomic mass is 19.4. The zero-order valence-corrected chi connectivity index (χ0v) is 8.16. The Hall–Kier alpha value is -1.61. The van der Waals surface area contributed by atoms with Crippen molar-refractivity contribution in [3.8, 4) is 5.75 Å². The van der Waals surface area contributed by atoms with Crippen molar-refractivity contribution in [2.75, 3.05) is 0 Å². The standard InChI is InChI=1S/C8H3F8NO/c9-1-3-4(10)2-17-6(7(11,12)13)5(3)18-8(14,15)16/h2H,1H2. The van der Waals surface area contributed by atoms with E-state index >= 15 is 0 Å². The Morgan fingerprint density at radius 1 is 1.11 bits per heavy atom. The lowest BCUT2D eigenvalue weighted by molar-refractivity contribution is -0.277. The van der Waals surface area contributed by atoms with Gasteiger partial charge < -0.3 is 4.74 Å². The predicted octanol–water partition coefficient (Wildman–Crippen LogP) is 3.61. The van der Waals surface area contributed by atoms with E-state index in [4.69, 9.17) is 0 Å². The van der Waals surface area contributed by atoms with Gasteiger partial charge in [0.25, 0.3) is 0 Å². The molecule has 18 heavy (non-hydrogen) atoms. The third-order valence-electron chi connectivity index (χ3n) is 1.70. The molecule has 0 aliphatic carbocycles. The molecule has 0 atom stereocenters. The van der Waals surface area contributed by atoms with E-state index in [2.05, 4.69) is 9.72 Å². The molecule has 1 rings (SSSR count). The number of nitrogens with zero attached hydrogens (tertiary/aromatic N) is 1. The molecule has 0 spiro atoms. The number of halogens is 8. The first kappa shape index (κ1) is 14.5. The molecule has 0 unspecified atom stereocenters. The molecular formula is C8H3F8NO. The monoisotopic (exact) mass is 281 g/mol. The fraction of sp³-hybridized carbons (Fsp3) is 0.375. The van der Waals surface area contributed by atoms with E-state index < -0.39 is 42.0 Å². The fourth-order valence-corrected chi connectivity index (χ4v) is 1.06. The Morgan fingerprint density at radius 2 is 1.67 bits per heavy atom. The number of pyridine rings is 1. The molecule has 1 aromatic heterocycles. The average Bonchev–Trinajstić information content (AvgIpc) is 2.13. The first-order chi connectivity index (χ1) is 8.06. The molecule has 0 radical (unpaired) electrons. The molecule has 10 heteroatoms. The van der Waals surface area contributed by atoms with Crippen LogP contribution in [0.15, 0.2) is 6.20 Å². The van der Waals surface area contributed by atoms with Crippen molar-refractivity contribution in [2.45, 2.75) is 19.2 Å². The van der Waals surface area contributed by atoms with Gasteiger partial charge in [-0.1, -0.05) is 0 Å². The summed E-state index contributed by atoms with van der Waals surface area (Å²) in [7, 11) is 0. The zero-order valence-electron chi connectivity index (χ0n) is 8.16. The van der Waals surface area contributed by atoms with Gasteiger partial charge in [0.15, 0.2) is 17.3 Å². The lowest BCUT2D eigenvalue weighted by atomic mass is 10.2. The van der Waals surface area contributed by atoms with Crippen molar-refractivity contribution in [1.82, 2.24) is 4.98 Å². The van der Waals surface area contributed by atoms with E-state index in [0.717, 1.165) is 0 Å². The fourth-order valence-electron chi connectivity index (χ4n) is 1.06. The van der Waals surface area contributed by atoms with Gasteiger partial charge in [0.1, 0.15) is 6.67 Å². The smallest absolute Gasteiger partial charge is 0.403 e. The third-order valence-corrected chi connectivity index (χ3v) is 1.70. The summed E-state index contributed by atoms with van der Waals surface area (Å²) in [6, 6.07) is 0. The number of aromatic nitrogens is 1. The van der Waals surface area contributed by atoms with Crippen LogP contribution in [0.4, 0.5) is 35.1 Å². The van der Waals surface area contributed by atoms with Crippen LogP contribution in [0.25, 0.3) is 0 Å². The van der Waals surface area contributed by atoms with Gasteiger partial charge in [-0.3, -0.25) is 0 Å². The van der Waals surface area contributed by atoms with E-state index in [1.165, 1.54) is 0 Å². The van der Waals surface area contributed by atoms with Crippen molar-refractivity contribution >= 4 is 0 Å². The normalized spacial score (nSPS) is 12.7. The highest BCUT2D eigenvalue weighted by Gasteiger charge is 2.42. The van der Waals surface area contributed by atoms with Gasteiger partial charge in [-0.05, 0) is 0 Å². The molecule has 0 saturated heterocycles. The van der Waals surface area contributed by atoms with Crippen molar-refractivity contribution in [2.24, 2.45) is 0 Å². The van der Waals surface area contributed by atoms with Crippen LogP contribution in [0.2, 0.25) is 0 Å². The lowest BCUT2D eigenvalue weighted by Gasteiger charge is -2.16. The van der Waals surface area contributed by atoms with Crippen LogP contribution in [-0.2, 0) is 12.9 Å². The molecule has 2 nitrogen and oxygen atoms in total. The molecule has 1 heterocycles. The molecule has 0 amide bonds. The Labute approximate surface area is 94.2 Å². The van der Waals surface area contributed by atoms with Gasteiger partial charge in [-0.15, -0.1) is 13.2 Å². The van der Waals surface area contributed by atoms with Crippen LogP contribution < -0.4 is 4.74 Å². The summed E-state index contributed by atoms with van der Waals surface area (Å²) in [5, 5.41) is 0. The first-order valence-electron chi connectivity index (χ1n) is 4.12. The summed E-state index contributed by atoms with van der Waals surface area (Å²) in [5.74, 6) is -3.68. The highest BCUT2D eigenvalue weighted by Crippen LogP contribution is 2.40. The van der Waals surface area contributed by atoms with Crippen molar-refractivity contribution in [3.05, 3.63) is 23.3 Å². The molecule has 0 saturated carbocycles. The van der Waals surface area contributed by atoms with Gasteiger partial charge >= 0.3 is 12.5 Å². The second-order valence-corrected chi connectivity index (χ2v) is 2.94. The predicted molar refractivity (Wildman–Crippen MR) is 40.7 cm³/mol. The molecule has 0 fully saturated rings. The third kappa shape index (κ3) is 3.20. The quantitative estimate of drug-likeness (QED) is 0.772. The second kappa shape index (κ2) is 4.58. The second-order valence-electron chi connectivity index (χ2n) is 2.94. The first-order valence-corrected chi connectivity index (χ1v) is 4.12. The molecule has 1 aromatic rings. The Bertz CT molecular complexity index is 438. The summed E-state index contributed by atoms with van der Waals surface area (Å²) in [5.41, 5.74) is -3.64. The SMILES string of the molecule is FCc1c(F)cnc(C(F)(F)F)c1OC(F)(F)F. The molecule has 0 aliphatic rings. The molecular weight excluding hydrogens is 278 g/mol. The Morgan fingerprint density at radius 3 is 2.06 bits per heavy atom. The van der Waals surface area contributed by atoms with E-state index in [-0.39, 0.29) is 6.20 Å². The highest BCUT2D eigenvalue weighted by molar-refractivity contribution is 5.39. The van der Waals surface area contributed by atoms with E-state index in [0.29, 0.717) is 0 Å². The zero-order chi connectivity index (χ0) is 14.1.